The van der Waals surface area contributed by atoms with E-state index < -0.39 is 26.5 Å². The van der Waals surface area contributed by atoms with Crippen LogP contribution in [-0.4, -0.2) is 74.9 Å². The van der Waals surface area contributed by atoms with E-state index >= 15 is 0 Å². The molecular weight excluding hydrogens is 1100 g/mol. The van der Waals surface area contributed by atoms with Crippen molar-refractivity contribution in [2.75, 3.05) is 47.5 Å². The summed E-state index contributed by atoms with van der Waals surface area (Å²) in [6.07, 6.45) is 95.1. The smallest absolute Gasteiger partial charge is 0.462 e. The highest BCUT2D eigenvalue weighted by Gasteiger charge is 2.27. The van der Waals surface area contributed by atoms with Crippen LogP contribution in [0.25, 0.3) is 0 Å². The van der Waals surface area contributed by atoms with E-state index in [2.05, 4.69) is 123 Å². The Morgan fingerprint density at radius 1 is 0.368 bits per heavy atom. The highest BCUT2D eigenvalue weighted by atomic mass is 31.2. The maximum absolute atomic E-state index is 12.8. The number of phosphoric ester groups is 1. The Kier molecular flexibility index (Phi) is 64.5. The normalized spacial score (nSPS) is 13.8. The monoisotopic (exact) mass is 1240 g/mol. The van der Waals surface area contributed by atoms with Gasteiger partial charge in [-0.1, -0.05) is 335 Å². The van der Waals surface area contributed by atoms with Crippen LogP contribution in [0.3, 0.4) is 0 Å². The van der Waals surface area contributed by atoms with Gasteiger partial charge in [0.05, 0.1) is 27.7 Å². The maximum Gasteiger partial charge on any atom is 0.472 e. The Balaban J connectivity index is 4.10. The summed E-state index contributed by atoms with van der Waals surface area (Å²) < 4.78 is 34.6. The van der Waals surface area contributed by atoms with Crippen LogP contribution in [0.5, 0.6) is 0 Å². The molecule has 0 aromatic carbocycles. The first kappa shape index (κ1) is 83.7. The highest BCUT2D eigenvalue weighted by molar-refractivity contribution is 7.47. The maximum atomic E-state index is 12.8. The molecule has 0 rings (SSSR count). The average Bonchev–Trinajstić information content (AvgIpc) is 3.56. The van der Waals surface area contributed by atoms with Crippen molar-refractivity contribution in [1.82, 2.24) is 0 Å². The molecule has 0 aliphatic carbocycles. The van der Waals surface area contributed by atoms with Gasteiger partial charge in [0.15, 0.2) is 6.10 Å². The molecule has 502 valence electrons. The van der Waals surface area contributed by atoms with E-state index in [1.54, 1.807) is 0 Å². The van der Waals surface area contributed by atoms with E-state index in [9.17, 15) is 19.0 Å². The van der Waals surface area contributed by atoms with E-state index in [0.717, 1.165) is 77.0 Å². The van der Waals surface area contributed by atoms with Crippen molar-refractivity contribution in [3.05, 3.63) is 109 Å². The minimum atomic E-state index is -4.41. The van der Waals surface area contributed by atoms with Gasteiger partial charge in [-0.25, -0.2) is 4.57 Å². The van der Waals surface area contributed by atoms with E-state index in [-0.39, 0.29) is 32.0 Å². The van der Waals surface area contributed by atoms with Crippen molar-refractivity contribution >= 4 is 19.8 Å². The molecule has 10 heteroatoms. The lowest BCUT2D eigenvalue weighted by Crippen LogP contribution is -2.37. The Morgan fingerprint density at radius 2 is 0.655 bits per heavy atom. The van der Waals surface area contributed by atoms with Gasteiger partial charge in [0.2, 0.25) is 0 Å². The van der Waals surface area contributed by atoms with Crippen molar-refractivity contribution in [3.63, 3.8) is 0 Å². The van der Waals surface area contributed by atoms with Crippen LogP contribution in [0.1, 0.15) is 316 Å². The van der Waals surface area contributed by atoms with Crippen LogP contribution >= 0.6 is 7.82 Å². The van der Waals surface area contributed by atoms with Crippen LogP contribution in [0.4, 0.5) is 0 Å². The lowest BCUT2D eigenvalue weighted by molar-refractivity contribution is -0.870. The summed E-state index contributed by atoms with van der Waals surface area (Å²) in [7, 11) is 1.44. The van der Waals surface area contributed by atoms with Crippen LogP contribution in [0.2, 0.25) is 0 Å². The Labute approximate surface area is 537 Å². The summed E-state index contributed by atoms with van der Waals surface area (Å²) in [5, 5.41) is 0. The van der Waals surface area contributed by atoms with Gasteiger partial charge in [-0.3, -0.25) is 18.6 Å². The molecule has 1 N–H and O–H groups in total. The number of unbranched alkanes of at least 4 members (excludes halogenated alkanes) is 34. The number of ether oxygens (including phenoxy) is 2. The van der Waals surface area contributed by atoms with Crippen molar-refractivity contribution in [3.8, 4) is 0 Å². The summed E-state index contributed by atoms with van der Waals surface area (Å²) in [6.45, 7) is 4.28. The number of hydrogen-bond acceptors (Lipinski definition) is 7. The van der Waals surface area contributed by atoms with Crippen LogP contribution in [0.15, 0.2) is 109 Å². The van der Waals surface area contributed by atoms with Gasteiger partial charge >= 0.3 is 19.8 Å². The first-order valence-corrected chi connectivity index (χ1v) is 37.6. The molecular formula is C77H137NO8P+. The molecule has 87 heavy (non-hydrogen) atoms. The second-order valence-electron chi connectivity index (χ2n) is 25.3. The number of likely N-dealkylation sites (N-methyl/N-ethyl adjacent to an activating group) is 1. The number of hydrogen-bond donors (Lipinski definition) is 1. The SMILES string of the molecule is CC/C=C\C/C=C\C/C=C\C/C=C\C/C=C\C/C=C\C/C=C\C/C=C\C/C=C\CCCC(=O)OC(COC(=O)CCCCCCCCCCCCCCCCCCCCCCCCCCCCCCCCCCCC)COP(=O)(O)OCC[N+](C)(C)C. The van der Waals surface area contributed by atoms with Crippen molar-refractivity contribution < 1.29 is 42.1 Å². The minimum Gasteiger partial charge on any atom is -0.462 e. The zero-order valence-corrected chi connectivity index (χ0v) is 58.1. The molecule has 0 radical (unpaired) electrons. The van der Waals surface area contributed by atoms with Gasteiger partial charge < -0.3 is 18.9 Å². The molecule has 0 aliphatic heterocycles. The molecule has 9 nitrogen and oxygen atoms in total. The number of esters is 2. The van der Waals surface area contributed by atoms with E-state index in [4.69, 9.17) is 18.5 Å². The molecule has 2 atom stereocenters. The standard InChI is InChI=1S/C77H136NO8P/c1-6-8-10-12-14-16-18-20-22-24-26-28-30-32-34-36-37-38-39-40-42-43-45-47-49-51-53-55-57-59-61-63-65-67-69-76(79)83-73-75(74-85-87(81,82)84-72-71-78(3,4)5)86-77(80)70-68-66-64-62-60-58-56-54-52-50-48-46-44-41-35-33-31-29-27-25-23-21-19-17-15-13-11-9-7-2/h9,11,15,17,21,23,27,29,33,35,44,46,50,52,56,58,62,64,75H,6-8,10,12-14,16,18-20,22,24-26,28,30-32,34,36-43,45,47-49,51,53-55,57,59-61,63,65-74H2,1-5H3/p+1/b11-9-,17-15-,23-21-,29-27-,35-33-,46-44-,52-50-,58-56-,64-62-. The van der Waals surface area contributed by atoms with Crippen molar-refractivity contribution in [2.24, 2.45) is 0 Å². The number of rotatable bonds is 66. The predicted molar refractivity (Wildman–Crippen MR) is 376 cm³/mol. The third-order valence-electron chi connectivity index (χ3n) is 15.6. The second kappa shape index (κ2) is 67.1. The zero-order valence-electron chi connectivity index (χ0n) is 57.2. The fourth-order valence-corrected chi connectivity index (χ4v) is 10.8. The molecule has 0 amide bonds. The molecule has 0 aromatic heterocycles. The van der Waals surface area contributed by atoms with Crippen LogP contribution in [0, 0.1) is 0 Å². The quantitative estimate of drug-likeness (QED) is 0.0211. The van der Waals surface area contributed by atoms with Crippen LogP contribution in [-0.2, 0) is 32.7 Å². The number of nitrogens with zero attached hydrogens (tertiary/aromatic N) is 1. The Hall–Kier alpha value is -3.33. The molecule has 0 heterocycles. The predicted octanol–water partition coefficient (Wildman–Crippen LogP) is 23.7. The van der Waals surface area contributed by atoms with Gasteiger partial charge in [0, 0.05) is 12.8 Å². The Bertz CT molecular complexity index is 1840. The molecule has 0 aromatic rings. The molecule has 0 spiro atoms. The topological polar surface area (TPSA) is 108 Å². The van der Waals surface area contributed by atoms with E-state index in [0.29, 0.717) is 23.9 Å². The lowest BCUT2D eigenvalue weighted by atomic mass is 10.0. The fourth-order valence-electron chi connectivity index (χ4n) is 10.1. The fraction of sp³-hybridized carbons (Fsp3) is 0.740. The summed E-state index contributed by atoms with van der Waals surface area (Å²) in [5.41, 5.74) is 0. The summed E-state index contributed by atoms with van der Waals surface area (Å²) in [4.78, 5) is 35.8. The molecule has 2 unspecified atom stereocenters. The van der Waals surface area contributed by atoms with E-state index in [1.807, 2.05) is 21.1 Å². The zero-order chi connectivity index (χ0) is 63.4. The first-order valence-electron chi connectivity index (χ1n) is 36.1. The van der Waals surface area contributed by atoms with Gasteiger partial charge in [-0.05, 0) is 77.0 Å². The summed E-state index contributed by atoms with van der Waals surface area (Å²) in [5.74, 6) is -0.863. The second-order valence-corrected chi connectivity index (χ2v) is 26.7. The number of phosphoric acid groups is 1. The number of carbonyl (C=O) groups excluding carboxylic acids is 2. The molecule has 0 bridgehead atoms. The molecule has 0 saturated heterocycles. The summed E-state index contributed by atoms with van der Waals surface area (Å²) in [6, 6.07) is 0. The van der Waals surface area contributed by atoms with Crippen molar-refractivity contribution in [1.29, 1.82) is 0 Å². The molecule has 0 fully saturated rings. The largest absolute Gasteiger partial charge is 0.472 e. The van der Waals surface area contributed by atoms with E-state index in [1.165, 1.54) is 199 Å². The number of quaternary nitrogens is 1. The van der Waals surface area contributed by atoms with Gasteiger partial charge in [0.25, 0.3) is 0 Å². The first-order chi connectivity index (χ1) is 42.5. The third-order valence-corrected chi connectivity index (χ3v) is 16.6. The van der Waals surface area contributed by atoms with Gasteiger partial charge in [-0.15, -0.1) is 0 Å². The minimum absolute atomic E-state index is 0.0164. The average molecular weight is 1240 g/mol. The van der Waals surface area contributed by atoms with Crippen LogP contribution < -0.4 is 0 Å². The summed E-state index contributed by atoms with van der Waals surface area (Å²) >= 11 is 0. The third kappa shape index (κ3) is 71.6. The molecule has 0 aliphatic rings. The Morgan fingerprint density at radius 3 is 0.966 bits per heavy atom. The number of allylic oxidation sites excluding steroid dienone is 18. The van der Waals surface area contributed by atoms with Gasteiger partial charge in [0.1, 0.15) is 19.8 Å². The van der Waals surface area contributed by atoms with Gasteiger partial charge in [-0.2, -0.15) is 0 Å². The number of carbonyl (C=O) groups is 2. The van der Waals surface area contributed by atoms with Crippen molar-refractivity contribution in [2.45, 2.75) is 322 Å². The lowest BCUT2D eigenvalue weighted by Gasteiger charge is -2.24. The highest BCUT2D eigenvalue weighted by Crippen LogP contribution is 2.43. The molecule has 0 saturated carbocycles.